The van der Waals surface area contributed by atoms with Crippen LogP contribution in [-0.4, -0.2) is 50.7 Å². The fraction of sp³-hybridized carbons (Fsp3) is 1.00. The van der Waals surface area contributed by atoms with E-state index in [-0.39, 0.29) is 11.2 Å². The van der Waals surface area contributed by atoms with Crippen LogP contribution < -0.4 is 5.32 Å². The lowest BCUT2D eigenvalue weighted by molar-refractivity contribution is -0.159. The van der Waals surface area contributed by atoms with Gasteiger partial charge in [0.05, 0.1) is 11.2 Å². The van der Waals surface area contributed by atoms with Crippen molar-refractivity contribution in [2.75, 3.05) is 33.5 Å². The molecule has 0 amide bonds. The minimum atomic E-state index is -0.149. The van der Waals surface area contributed by atoms with Gasteiger partial charge in [-0.05, 0) is 58.4 Å². The van der Waals surface area contributed by atoms with Crippen LogP contribution >= 0.6 is 0 Å². The van der Waals surface area contributed by atoms with Crippen LogP contribution in [0, 0.1) is 5.92 Å². The SMILES string of the molecule is CCCNC(C1CCOC2(CCOCC2)C1)C(C)(C)OC. The van der Waals surface area contributed by atoms with Crippen molar-refractivity contribution >= 4 is 0 Å². The second-order valence-electron chi connectivity index (χ2n) is 7.14. The van der Waals surface area contributed by atoms with Crippen molar-refractivity contribution in [3.63, 3.8) is 0 Å². The molecule has 4 heteroatoms. The highest BCUT2D eigenvalue weighted by Crippen LogP contribution is 2.40. The van der Waals surface area contributed by atoms with E-state index in [1.54, 1.807) is 0 Å². The van der Waals surface area contributed by atoms with Gasteiger partial charge in [0, 0.05) is 33.0 Å². The van der Waals surface area contributed by atoms with E-state index in [9.17, 15) is 0 Å². The van der Waals surface area contributed by atoms with Crippen LogP contribution in [0.15, 0.2) is 0 Å². The normalized spacial score (nSPS) is 27.7. The van der Waals surface area contributed by atoms with Crippen LogP contribution in [0.1, 0.15) is 52.9 Å². The Morgan fingerprint density at radius 1 is 1.29 bits per heavy atom. The summed E-state index contributed by atoms with van der Waals surface area (Å²) in [4.78, 5) is 0. The Morgan fingerprint density at radius 2 is 2.00 bits per heavy atom. The van der Waals surface area contributed by atoms with Gasteiger partial charge in [-0.1, -0.05) is 6.92 Å². The van der Waals surface area contributed by atoms with E-state index in [0.29, 0.717) is 12.0 Å². The van der Waals surface area contributed by atoms with Gasteiger partial charge in [-0.3, -0.25) is 0 Å². The zero-order valence-corrected chi connectivity index (χ0v) is 14.2. The molecule has 0 aliphatic carbocycles. The van der Waals surface area contributed by atoms with Crippen molar-refractivity contribution < 1.29 is 14.2 Å². The van der Waals surface area contributed by atoms with Gasteiger partial charge >= 0.3 is 0 Å². The Labute approximate surface area is 129 Å². The van der Waals surface area contributed by atoms with Crippen LogP contribution in [0.2, 0.25) is 0 Å². The number of hydrogen-bond donors (Lipinski definition) is 1. The van der Waals surface area contributed by atoms with E-state index in [1.165, 1.54) is 0 Å². The highest BCUT2D eigenvalue weighted by Gasteiger charge is 2.44. The Balaban J connectivity index is 2.07. The van der Waals surface area contributed by atoms with Crippen LogP contribution in [0.25, 0.3) is 0 Å². The molecule has 2 heterocycles. The van der Waals surface area contributed by atoms with Gasteiger partial charge in [-0.2, -0.15) is 0 Å². The summed E-state index contributed by atoms with van der Waals surface area (Å²) in [6, 6.07) is 0.381. The zero-order chi connectivity index (χ0) is 15.3. The van der Waals surface area contributed by atoms with Gasteiger partial charge in [-0.15, -0.1) is 0 Å². The second-order valence-corrected chi connectivity index (χ2v) is 7.14. The lowest BCUT2D eigenvalue weighted by atomic mass is 9.74. The summed E-state index contributed by atoms with van der Waals surface area (Å²) in [7, 11) is 1.82. The molecule has 2 fully saturated rings. The molecule has 2 unspecified atom stereocenters. The number of ether oxygens (including phenoxy) is 3. The highest BCUT2D eigenvalue weighted by molar-refractivity contribution is 4.98. The van der Waals surface area contributed by atoms with Crippen LogP contribution in [0.3, 0.4) is 0 Å². The molecule has 0 bridgehead atoms. The fourth-order valence-electron chi connectivity index (χ4n) is 3.85. The van der Waals surface area contributed by atoms with Crippen molar-refractivity contribution in [1.82, 2.24) is 5.32 Å². The van der Waals surface area contributed by atoms with E-state index in [0.717, 1.165) is 58.5 Å². The second kappa shape index (κ2) is 7.40. The number of rotatable bonds is 6. The molecule has 0 aromatic carbocycles. The molecule has 1 N–H and O–H groups in total. The highest BCUT2D eigenvalue weighted by atomic mass is 16.5. The largest absolute Gasteiger partial charge is 0.381 e. The van der Waals surface area contributed by atoms with Crippen molar-refractivity contribution in [3.8, 4) is 0 Å². The Bertz CT molecular complexity index is 308. The maximum Gasteiger partial charge on any atom is 0.0777 e. The Kier molecular flexibility index (Phi) is 6.06. The molecule has 0 aromatic rings. The molecule has 0 aromatic heterocycles. The molecule has 2 atom stereocenters. The summed E-state index contributed by atoms with van der Waals surface area (Å²) < 4.78 is 17.5. The number of methoxy groups -OCH3 is 1. The Hall–Kier alpha value is -0.160. The summed E-state index contributed by atoms with van der Waals surface area (Å²) in [6.45, 7) is 10.2. The predicted octanol–water partition coefficient (Wildman–Crippen LogP) is 2.76. The molecule has 2 aliphatic rings. The topological polar surface area (TPSA) is 39.7 Å². The first-order valence-electron chi connectivity index (χ1n) is 8.53. The van der Waals surface area contributed by atoms with Crippen LogP contribution in [0.5, 0.6) is 0 Å². The smallest absolute Gasteiger partial charge is 0.0777 e. The lowest BCUT2D eigenvalue weighted by Gasteiger charge is -2.48. The average molecular weight is 299 g/mol. The Morgan fingerprint density at radius 3 is 2.62 bits per heavy atom. The zero-order valence-electron chi connectivity index (χ0n) is 14.2. The van der Waals surface area contributed by atoms with E-state index in [2.05, 4.69) is 26.1 Å². The maximum absolute atomic E-state index is 6.19. The third-order valence-corrected chi connectivity index (χ3v) is 5.30. The maximum atomic E-state index is 6.19. The molecule has 2 saturated heterocycles. The van der Waals surface area contributed by atoms with Crippen molar-refractivity contribution in [2.45, 2.75) is 70.1 Å². The van der Waals surface area contributed by atoms with Gasteiger partial charge in [-0.25, -0.2) is 0 Å². The summed E-state index contributed by atoms with van der Waals surface area (Å²) in [5.41, 5.74) is -0.0966. The minimum Gasteiger partial charge on any atom is -0.381 e. The van der Waals surface area contributed by atoms with Gasteiger partial charge < -0.3 is 19.5 Å². The third-order valence-electron chi connectivity index (χ3n) is 5.30. The summed E-state index contributed by atoms with van der Waals surface area (Å²) in [6.07, 6.45) is 5.48. The van der Waals surface area contributed by atoms with Crippen LogP contribution in [-0.2, 0) is 14.2 Å². The molecule has 1 spiro atoms. The van der Waals surface area contributed by atoms with E-state index in [1.807, 2.05) is 7.11 Å². The standard InChI is InChI=1S/C17H33NO3/c1-5-9-18-15(16(2,3)19-4)14-6-10-21-17(13-14)7-11-20-12-8-17/h14-15,18H,5-13H2,1-4H3. The van der Waals surface area contributed by atoms with Gasteiger partial charge in [0.15, 0.2) is 0 Å². The molecular formula is C17H33NO3. The van der Waals surface area contributed by atoms with Crippen molar-refractivity contribution in [3.05, 3.63) is 0 Å². The van der Waals surface area contributed by atoms with E-state index < -0.39 is 0 Å². The molecule has 21 heavy (non-hydrogen) atoms. The number of nitrogens with one attached hydrogen (secondary N) is 1. The molecule has 124 valence electrons. The minimum absolute atomic E-state index is 0.0527. The average Bonchev–Trinajstić information content (AvgIpc) is 2.48. The van der Waals surface area contributed by atoms with Crippen molar-refractivity contribution in [1.29, 1.82) is 0 Å². The van der Waals surface area contributed by atoms with E-state index in [4.69, 9.17) is 14.2 Å². The molecule has 0 radical (unpaired) electrons. The lowest BCUT2D eigenvalue weighted by Crippen LogP contribution is -2.57. The molecule has 4 nitrogen and oxygen atoms in total. The molecular weight excluding hydrogens is 266 g/mol. The summed E-state index contributed by atoms with van der Waals surface area (Å²) >= 11 is 0. The monoisotopic (exact) mass is 299 g/mol. The number of hydrogen-bond acceptors (Lipinski definition) is 4. The van der Waals surface area contributed by atoms with Gasteiger partial charge in [0.1, 0.15) is 0 Å². The van der Waals surface area contributed by atoms with Crippen LogP contribution in [0.4, 0.5) is 0 Å². The first-order valence-corrected chi connectivity index (χ1v) is 8.53. The van der Waals surface area contributed by atoms with Gasteiger partial charge in [0.25, 0.3) is 0 Å². The third kappa shape index (κ3) is 4.19. The molecule has 2 rings (SSSR count). The van der Waals surface area contributed by atoms with Crippen molar-refractivity contribution in [2.24, 2.45) is 5.92 Å². The fourth-order valence-corrected chi connectivity index (χ4v) is 3.85. The van der Waals surface area contributed by atoms with E-state index >= 15 is 0 Å². The quantitative estimate of drug-likeness (QED) is 0.818. The first kappa shape index (κ1) is 17.2. The first-order chi connectivity index (χ1) is 10.0. The summed E-state index contributed by atoms with van der Waals surface area (Å²) in [5.74, 6) is 0.610. The summed E-state index contributed by atoms with van der Waals surface area (Å²) in [5, 5.41) is 3.74. The molecule has 2 aliphatic heterocycles. The van der Waals surface area contributed by atoms with Gasteiger partial charge in [0.2, 0.25) is 0 Å². The predicted molar refractivity (Wildman–Crippen MR) is 84.6 cm³/mol. The molecule has 0 saturated carbocycles.